The highest BCUT2D eigenvalue weighted by atomic mass is 32.1. The van der Waals surface area contributed by atoms with Crippen LogP contribution in [-0.4, -0.2) is 23.0 Å². The first-order valence-electron chi connectivity index (χ1n) is 5.87. The van der Waals surface area contributed by atoms with Crippen LogP contribution in [0.4, 0.5) is 4.79 Å². The third-order valence-electron chi connectivity index (χ3n) is 2.84. The molecule has 1 atom stereocenters. The van der Waals surface area contributed by atoms with Gasteiger partial charge in [-0.05, 0) is 43.2 Å². The first-order chi connectivity index (χ1) is 9.32. The minimum absolute atomic E-state index is 0.00386. The molecular formula is C13H16N2O4S. The van der Waals surface area contributed by atoms with Crippen molar-refractivity contribution in [3.63, 3.8) is 0 Å². The van der Waals surface area contributed by atoms with Crippen LogP contribution in [0, 0.1) is 0 Å². The van der Waals surface area contributed by atoms with Crippen molar-refractivity contribution in [2.45, 2.75) is 26.8 Å². The van der Waals surface area contributed by atoms with E-state index < -0.39 is 17.9 Å². The number of hydrogen-bond donors (Lipinski definition) is 3. The van der Waals surface area contributed by atoms with E-state index in [9.17, 15) is 14.4 Å². The molecule has 1 unspecified atom stereocenters. The Morgan fingerprint density at radius 1 is 1.25 bits per heavy atom. The van der Waals surface area contributed by atoms with Crippen molar-refractivity contribution in [1.82, 2.24) is 10.6 Å². The van der Waals surface area contributed by atoms with Gasteiger partial charge in [0.05, 0.1) is 6.04 Å². The maximum absolute atomic E-state index is 11.7. The van der Waals surface area contributed by atoms with Gasteiger partial charge in [0.1, 0.15) is 0 Å². The fourth-order valence-electron chi connectivity index (χ4n) is 1.37. The number of nitrogens with one attached hydrogen (secondary N) is 2. The number of hydrogen-bond acceptors (Lipinski definition) is 4. The standard InChI is InChI=1S/C13H16N2O4S/c1-7(8(2)12(17)18)11(16)15-13(19)14-9(3)10-4-5-20-6-10/h4-6,9H,1-3H3,(H,17,18)(H2,14,15,16,19). The third-order valence-corrected chi connectivity index (χ3v) is 3.54. The number of aliphatic carboxylic acids is 1. The number of carboxylic acids is 1. The lowest BCUT2D eigenvalue weighted by Crippen LogP contribution is -2.41. The van der Waals surface area contributed by atoms with Crippen LogP contribution in [0.2, 0.25) is 0 Å². The van der Waals surface area contributed by atoms with Crippen LogP contribution in [0.5, 0.6) is 0 Å². The average Bonchev–Trinajstić information content (AvgIpc) is 2.90. The van der Waals surface area contributed by atoms with Gasteiger partial charge in [-0.25, -0.2) is 9.59 Å². The van der Waals surface area contributed by atoms with E-state index in [4.69, 9.17) is 5.11 Å². The molecule has 0 aliphatic heterocycles. The Bertz CT molecular complexity index is 549. The van der Waals surface area contributed by atoms with Crippen molar-refractivity contribution in [3.05, 3.63) is 33.5 Å². The van der Waals surface area contributed by atoms with E-state index in [0.29, 0.717) is 0 Å². The highest BCUT2D eigenvalue weighted by molar-refractivity contribution is 7.07. The third kappa shape index (κ3) is 4.20. The van der Waals surface area contributed by atoms with Crippen molar-refractivity contribution in [1.29, 1.82) is 0 Å². The average molecular weight is 296 g/mol. The zero-order valence-electron chi connectivity index (χ0n) is 11.4. The summed E-state index contributed by atoms with van der Waals surface area (Å²) in [5.74, 6) is -1.91. The minimum Gasteiger partial charge on any atom is -0.478 e. The van der Waals surface area contributed by atoms with Gasteiger partial charge in [0, 0.05) is 11.1 Å². The zero-order chi connectivity index (χ0) is 15.3. The van der Waals surface area contributed by atoms with Gasteiger partial charge in [0.25, 0.3) is 5.91 Å². The molecular weight excluding hydrogens is 280 g/mol. The summed E-state index contributed by atoms with van der Waals surface area (Å²) >= 11 is 1.51. The molecule has 7 heteroatoms. The number of carbonyl (C=O) groups excluding carboxylic acids is 2. The molecule has 0 aliphatic carbocycles. The van der Waals surface area contributed by atoms with Gasteiger partial charge in [-0.2, -0.15) is 11.3 Å². The van der Waals surface area contributed by atoms with Crippen LogP contribution < -0.4 is 10.6 Å². The highest BCUT2D eigenvalue weighted by Gasteiger charge is 2.16. The molecule has 108 valence electrons. The van der Waals surface area contributed by atoms with Crippen molar-refractivity contribution < 1.29 is 19.5 Å². The summed E-state index contributed by atoms with van der Waals surface area (Å²) in [6.45, 7) is 4.45. The Balaban J connectivity index is 2.61. The Kier molecular flexibility index (Phi) is 5.45. The van der Waals surface area contributed by atoms with Gasteiger partial charge in [-0.15, -0.1) is 0 Å². The molecule has 1 aromatic heterocycles. The molecule has 0 aromatic carbocycles. The number of carboxylic acid groups (broad SMARTS) is 1. The molecule has 1 rings (SSSR count). The van der Waals surface area contributed by atoms with Crippen LogP contribution in [-0.2, 0) is 9.59 Å². The van der Waals surface area contributed by atoms with Crippen LogP contribution in [0.1, 0.15) is 32.4 Å². The van der Waals surface area contributed by atoms with E-state index in [2.05, 4.69) is 10.6 Å². The van der Waals surface area contributed by atoms with Crippen molar-refractivity contribution in [3.8, 4) is 0 Å². The molecule has 20 heavy (non-hydrogen) atoms. The molecule has 0 aliphatic rings. The summed E-state index contributed by atoms with van der Waals surface area (Å²) in [7, 11) is 0. The number of rotatable bonds is 4. The molecule has 0 bridgehead atoms. The molecule has 0 spiro atoms. The van der Waals surface area contributed by atoms with Gasteiger partial charge in [0.15, 0.2) is 0 Å². The second-order valence-corrected chi connectivity index (χ2v) is 5.04. The van der Waals surface area contributed by atoms with Crippen molar-refractivity contribution in [2.24, 2.45) is 0 Å². The lowest BCUT2D eigenvalue weighted by Gasteiger charge is -2.13. The van der Waals surface area contributed by atoms with Crippen LogP contribution in [0.25, 0.3) is 0 Å². The lowest BCUT2D eigenvalue weighted by molar-refractivity contribution is -0.133. The maximum atomic E-state index is 11.7. The Labute approximate surface area is 120 Å². The number of thiophene rings is 1. The molecule has 0 fully saturated rings. The summed E-state index contributed by atoms with van der Waals surface area (Å²) in [5.41, 5.74) is 0.837. The van der Waals surface area contributed by atoms with Crippen molar-refractivity contribution >= 4 is 29.2 Å². The van der Waals surface area contributed by atoms with E-state index in [1.165, 1.54) is 25.2 Å². The minimum atomic E-state index is -1.19. The molecule has 6 nitrogen and oxygen atoms in total. The summed E-state index contributed by atoms with van der Waals surface area (Å²) in [4.78, 5) is 34.0. The Hall–Kier alpha value is -2.15. The zero-order valence-corrected chi connectivity index (χ0v) is 12.2. The molecule has 0 saturated heterocycles. The van der Waals surface area contributed by atoms with Gasteiger partial charge >= 0.3 is 12.0 Å². The number of amides is 3. The quantitative estimate of drug-likeness (QED) is 0.741. The van der Waals surface area contributed by atoms with Crippen molar-refractivity contribution in [2.75, 3.05) is 0 Å². The molecule has 0 saturated carbocycles. The van der Waals surface area contributed by atoms with Gasteiger partial charge < -0.3 is 10.4 Å². The fourth-order valence-corrected chi connectivity index (χ4v) is 2.12. The second kappa shape index (κ2) is 6.85. The smallest absolute Gasteiger partial charge is 0.331 e. The predicted octanol–water partition coefficient (Wildman–Crippen LogP) is 2.06. The summed E-state index contributed by atoms with van der Waals surface area (Å²) in [6, 6.07) is 0.974. The van der Waals surface area contributed by atoms with Gasteiger partial charge in [-0.3, -0.25) is 10.1 Å². The topological polar surface area (TPSA) is 95.5 Å². The molecule has 1 aromatic rings. The number of carbonyl (C=O) groups is 3. The number of urea groups is 1. The van der Waals surface area contributed by atoms with E-state index in [1.54, 1.807) is 6.92 Å². The van der Waals surface area contributed by atoms with E-state index in [0.717, 1.165) is 5.56 Å². The molecule has 3 N–H and O–H groups in total. The molecule has 3 amide bonds. The highest BCUT2D eigenvalue weighted by Crippen LogP contribution is 2.15. The van der Waals surface area contributed by atoms with Crippen LogP contribution in [0.3, 0.4) is 0 Å². The SMILES string of the molecule is CC(C(=O)O)=C(C)C(=O)NC(=O)NC(C)c1ccsc1. The van der Waals surface area contributed by atoms with Gasteiger partial charge in [-0.1, -0.05) is 0 Å². The normalized spacial score (nSPS) is 13.2. The fraction of sp³-hybridized carbons (Fsp3) is 0.308. The van der Waals surface area contributed by atoms with Gasteiger partial charge in [0.2, 0.25) is 0 Å². The maximum Gasteiger partial charge on any atom is 0.331 e. The van der Waals surface area contributed by atoms with Crippen LogP contribution >= 0.6 is 11.3 Å². The van der Waals surface area contributed by atoms with Crippen LogP contribution in [0.15, 0.2) is 28.0 Å². The Morgan fingerprint density at radius 2 is 1.90 bits per heavy atom. The summed E-state index contributed by atoms with van der Waals surface area (Å²) < 4.78 is 0. The first kappa shape index (κ1) is 15.9. The lowest BCUT2D eigenvalue weighted by atomic mass is 10.1. The largest absolute Gasteiger partial charge is 0.478 e. The predicted molar refractivity (Wildman–Crippen MR) is 75.4 cm³/mol. The molecule has 1 heterocycles. The van der Waals surface area contributed by atoms with E-state index in [1.807, 2.05) is 16.8 Å². The monoisotopic (exact) mass is 296 g/mol. The molecule has 0 radical (unpaired) electrons. The summed E-state index contributed by atoms with van der Waals surface area (Å²) in [6.07, 6.45) is 0. The van der Waals surface area contributed by atoms with E-state index >= 15 is 0 Å². The summed E-state index contributed by atoms with van der Waals surface area (Å²) in [5, 5.41) is 17.3. The first-order valence-corrected chi connectivity index (χ1v) is 6.82. The number of imide groups is 1. The second-order valence-electron chi connectivity index (χ2n) is 4.26. The van der Waals surface area contributed by atoms with E-state index in [-0.39, 0.29) is 17.2 Å². The Morgan fingerprint density at radius 3 is 2.40 bits per heavy atom.